The Labute approximate surface area is 114 Å². The number of benzene rings is 1. The number of aromatic hydroxyl groups is 1. The minimum atomic E-state index is -1.06. The van der Waals surface area contributed by atoms with Crippen molar-refractivity contribution in [2.45, 2.75) is 12.2 Å². The van der Waals surface area contributed by atoms with E-state index in [4.69, 9.17) is 4.74 Å². The van der Waals surface area contributed by atoms with Crippen molar-refractivity contribution >= 4 is 17.6 Å². The summed E-state index contributed by atoms with van der Waals surface area (Å²) in [6.45, 7) is 0. The molecule has 1 amide bonds. The summed E-state index contributed by atoms with van der Waals surface area (Å²) < 4.78 is 5.43. The molecule has 2 aliphatic rings. The number of phenolic OH excluding ortho intramolecular Hbond substituents is 1. The van der Waals surface area contributed by atoms with Gasteiger partial charge in [0.25, 0.3) is 0 Å². The molecule has 1 aromatic rings. The quantitative estimate of drug-likeness (QED) is 0.564. The number of hydrogen-bond acceptors (Lipinski definition) is 4. The number of anilines is 1. The van der Waals surface area contributed by atoms with Crippen LogP contribution in [0.25, 0.3) is 0 Å². The molecule has 0 aromatic heterocycles. The van der Waals surface area contributed by atoms with Gasteiger partial charge < -0.3 is 20.3 Å². The number of aliphatic carboxylic acids is 1. The van der Waals surface area contributed by atoms with E-state index in [1.54, 1.807) is 30.4 Å². The number of hydrogen-bond donors (Lipinski definition) is 3. The van der Waals surface area contributed by atoms with Gasteiger partial charge in [-0.15, -0.1) is 0 Å². The fraction of sp³-hybridized carbons (Fsp3) is 0.286. The maximum atomic E-state index is 12.3. The zero-order chi connectivity index (χ0) is 14.3. The average Bonchev–Trinajstić information content (AvgIpc) is 3.01. The number of para-hydroxylation sites is 2. The van der Waals surface area contributed by atoms with E-state index in [2.05, 4.69) is 5.32 Å². The van der Waals surface area contributed by atoms with Crippen LogP contribution < -0.4 is 5.32 Å². The monoisotopic (exact) mass is 275 g/mol. The summed E-state index contributed by atoms with van der Waals surface area (Å²) in [5.41, 5.74) is 0.258. The smallest absolute Gasteiger partial charge is 0.310 e. The molecular weight excluding hydrogens is 262 g/mol. The summed E-state index contributed by atoms with van der Waals surface area (Å²) >= 11 is 0. The first-order valence-electron chi connectivity index (χ1n) is 6.23. The lowest BCUT2D eigenvalue weighted by molar-refractivity contribution is -0.145. The number of fused-ring (bicyclic) bond motifs is 2. The van der Waals surface area contributed by atoms with E-state index >= 15 is 0 Å². The Balaban J connectivity index is 1.82. The zero-order valence-corrected chi connectivity index (χ0v) is 10.4. The van der Waals surface area contributed by atoms with Crippen molar-refractivity contribution < 1.29 is 24.5 Å². The predicted molar refractivity (Wildman–Crippen MR) is 69.2 cm³/mol. The van der Waals surface area contributed by atoms with Crippen LogP contribution in [-0.2, 0) is 14.3 Å². The minimum absolute atomic E-state index is 0.0626. The van der Waals surface area contributed by atoms with E-state index in [9.17, 15) is 19.8 Å². The molecule has 0 saturated carbocycles. The number of carboxylic acids is 1. The molecule has 1 fully saturated rings. The van der Waals surface area contributed by atoms with Gasteiger partial charge in [-0.25, -0.2) is 0 Å². The standard InChI is InChI=1S/C14H13NO5/c16-8-4-2-1-3-7(8)15-13(17)11-9-5-6-10(20-9)12(11)14(18)19/h1-6,9-12,16H,(H,15,17)(H,18,19)/t9-,10+,11+,12+/m1/s1. The fourth-order valence-corrected chi connectivity index (χ4v) is 2.71. The largest absolute Gasteiger partial charge is 0.506 e. The van der Waals surface area contributed by atoms with E-state index in [1.165, 1.54) is 6.07 Å². The number of carbonyl (C=O) groups is 2. The number of ether oxygens (including phenoxy) is 1. The first-order chi connectivity index (χ1) is 9.58. The van der Waals surface area contributed by atoms with Crippen molar-refractivity contribution in [2.24, 2.45) is 11.8 Å². The number of rotatable bonds is 3. The lowest BCUT2D eigenvalue weighted by atomic mass is 9.82. The normalized spacial score (nSPS) is 30.4. The molecule has 0 radical (unpaired) electrons. The van der Waals surface area contributed by atoms with Crippen molar-refractivity contribution in [1.82, 2.24) is 0 Å². The van der Waals surface area contributed by atoms with Gasteiger partial charge in [-0.1, -0.05) is 24.3 Å². The summed E-state index contributed by atoms with van der Waals surface area (Å²) in [6.07, 6.45) is 2.30. The Hall–Kier alpha value is -2.34. The Bertz CT molecular complexity index is 597. The highest BCUT2D eigenvalue weighted by molar-refractivity contribution is 5.97. The number of phenols is 1. The Morgan fingerprint density at radius 1 is 1.10 bits per heavy atom. The van der Waals surface area contributed by atoms with E-state index in [-0.39, 0.29) is 11.4 Å². The van der Waals surface area contributed by atoms with Gasteiger partial charge in [0, 0.05) is 0 Å². The first-order valence-corrected chi connectivity index (χ1v) is 6.23. The van der Waals surface area contributed by atoms with Crippen LogP contribution >= 0.6 is 0 Å². The third-order valence-corrected chi connectivity index (χ3v) is 3.65. The topological polar surface area (TPSA) is 95.9 Å². The molecular formula is C14H13NO5. The van der Waals surface area contributed by atoms with Crippen LogP contribution in [0.1, 0.15) is 0 Å². The average molecular weight is 275 g/mol. The highest BCUT2D eigenvalue weighted by atomic mass is 16.5. The van der Waals surface area contributed by atoms with Crippen molar-refractivity contribution in [1.29, 1.82) is 0 Å². The third-order valence-electron chi connectivity index (χ3n) is 3.65. The SMILES string of the molecule is O=C(O)[C@@H]1[C@@H](C(=O)Nc2ccccc2O)[C@H]2C=C[C@@H]1O2. The molecule has 6 heteroatoms. The highest BCUT2D eigenvalue weighted by Gasteiger charge is 2.53. The van der Waals surface area contributed by atoms with E-state index in [0.29, 0.717) is 0 Å². The molecule has 3 N–H and O–H groups in total. The van der Waals surface area contributed by atoms with E-state index < -0.39 is 35.9 Å². The summed E-state index contributed by atoms with van der Waals surface area (Å²) in [7, 11) is 0. The van der Waals surface area contributed by atoms with Crippen molar-refractivity contribution in [3.05, 3.63) is 36.4 Å². The van der Waals surface area contributed by atoms with E-state index in [1.807, 2.05) is 0 Å². The second-order valence-electron chi connectivity index (χ2n) is 4.85. The van der Waals surface area contributed by atoms with Crippen molar-refractivity contribution in [3.8, 4) is 5.75 Å². The van der Waals surface area contributed by atoms with Gasteiger partial charge in [-0.05, 0) is 12.1 Å². The Kier molecular flexibility index (Phi) is 2.94. The Morgan fingerprint density at radius 3 is 2.40 bits per heavy atom. The fourth-order valence-electron chi connectivity index (χ4n) is 2.71. The van der Waals surface area contributed by atoms with Crippen LogP contribution in [0.5, 0.6) is 5.75 Å². The molecule has 20 heavy (non-hydrogen) atoms. The molecule has 1 aromatic carbocycles. The lowest BCUT2D eigenvalue weighted by Gasteiger charge is -2.21. The minimum Gasteiger partial charge on any atom is -0.506 e. The summed E-state index contributed by atoms with van der Waals surface area (Å²) in [6, 6.07) is 6.30. The predicted octanol–water partition coefficient (Wildman–Crippen LogP) is 0.985. The van der Waals surface area contributed by atoms with Crippen LogP contribution in [0.4, 0.5) is 5.69 Å². The molecule has 0 spiro atoms. The maximum absolute atomic E-state index is 12.3. The van der Waals surface area contributed by atoms with Crippen LogP contribution in [0.3, 0.4) is 0 Å². The van der Waals surface area contributed by atoms with Gasteiger partial charge in [0.2, 0.25) is 5.91 Å². The molecule has 4 atom stereocenters. The zero-order valence-electron chi connectivity index (χ0n) is 10.4. The summed E-state index contributed by atoms with van der Waals surface area (Å²) in [5, 5.41) is 21.4. The van der Waals surface area contributed by atoms with Gasteiger partial charge in [0.05, 0.1) is 23.8 Å². The number of carboxylic acid groups (broad SMARTS) is 1. The van der Waals surface area contributed by atoms with E-state index in [0.717, 1.165) is 0 Å². The maximum Gasteiger partial charge on any atom is 0.310 e. The van der Waals surface area contributed by atoms with Gasteiger partial charge in [-0.2, -0.15) is 0 Å². The van der Waals surface area contributed by atoms with Gasteiger partial charge in [-0.3, -0.25) is 9.59 Å². The lowest BCUT2D eigenvalue weighted by Crippen LogP contribution is -2.39. The highest BCUT2D eigenvalue weighted by Crippen LogP contribution is 2.40. The molecule has 1 saturated heterocycles. The second kappa shape index (κ2) is 4.64. The van der Waals surface area contributed by atoms with Crippen LogP contribution in [-0.4, -0.2) is 34.3 Å². The van der Waals surface area contributed by atoms with Crippen molar-refractivity contribution in [2.75, 3.05) is 5.32 Å². The van der Waals surface area contributed by atoms with Crippen LogP contribution in [0.15, 0.2) is 36.4 Å². The Morgan fingerprint density at radius 2 is 1.75 bits per heavy atom. The molecule has 2 heterocycles. The molecule has 3 rings (SSSR count). The molecule has 0 unspecified atom stereocenters. The summed E-state index contributed by atoms with van der Waals surface area (Å²) in [4.78, 5) is 23.6. The molecule has 0 aliphatic carbocycles. The molecule has 2 bridgehead atoms. The molecule has 2 aliphatic heterocycles. The number of amides is 1. The van der Waals surface area contributed by atoms with Gasteiger partial charge in [0.1, 0.15) is 11.7 Å². The third kappa shape index (κ3) is 1.94. The number of carbonyl (C=O) groups excluding carboxylic acids is 1. The van der Waals surface area contributed by atoms with Gasteiger partial charge in [0.15, 0.2) is 0 Å². The van der Waals surface area contributed by atoms with Crippen LogP contribution in [0, 0.1) is 11.8 Å². The summed E-state index contributed by atoms with van der Waals surface area (Å²) in [5.74, 6) is -3.26. The second-order valence-corrected chi connectivity index (χ2v) is 4.85. The first kappa shape index (κ1) is 12.7. The molecule has 6 nitrogen and oxygen atoms in total. The van der Waals surface area contributed by atoms with Gasteiger partial charge >= 0.3 is 5.97 Å². The van der Waals surface area contributed by atoms with Crippen LogP contribution in [0.2, 0.25) is 0 Å². The van der Waals surface area contributed by atoms with Crippen molar-refractivity contribution in [3.63, 3.8) is 0 Å². The number of nitrogens with one attached hydrogen (secondary N) is 1. The molecule has 104 valence electrons.